The summed E-state index contributed by atoms with van der Waals surface area (Å²) < 4.78 is 27.5. The van der Waals surface area contributed by atoms with Crippen LogP contribution in [0.2, 0.25) is 0 Å². The number of nitrogens with one attached hydrogen (secondary N) is 3. The van der Waals surface area contributed by atoms with E-state index in [1.807, 2.05) is 32.8 Å². The predicted molar refractivity (Wildman–Crippen MR) is 81.4 cm³/mol. The summed E-state index contributed by atoms with van der Waals surface area (Å²) in [6.45, 7) is 4.82. The van der Waals surface area contributed by atoms with Gasteiger partial charge in [-0.3, -0.25) is 5.10 Å². The first kappa shape index (κ1) is 16.4. The van der Waals surface area contributed by atoms with Crippen molar-refractivity contribution < 1.29 is 8.42 Å². The van der Waals surface area contributed by atoms with Gasteiger partial charge in [0.05, 0.1) is 6.20 Å². The number of rotatable bonds is 8. The molecule has 8 heteroatoms. The molecule has 0 bridgehead atoms. The van der Waals surface area contributed by atoms with Gasteiger partial charge >= 0.3 is 0 Å². The zero-order valence-electron chi connectivity index (χ0n) is 13.1. The Bertz CT molecular complexity index is 575. The molecule has 1 fully saturated rings. The topological polar surface area (TPSA) is 90.1 Å². The van der Waals surface area contributed by atoms with Crippen LogP contribution in [-0.2, 0) is 16.6 Å². The van der Waals surface area contributed by atoms with Crippen LogP contribution in [0.1, 0.15) is 32.3 Å². The van der Waals surface area contributed by atoms with E-state index in [0.29, 0.717) is 24.7 Å². The van der Waals surface area contributed by atoms with Crippen LogP contribution in [0.4, 0.5) is 0 Å². The van der Waals surface area contributed by atoms with Crippen molar-refractivity contribution in [3.05, 3.63) is 11.8 Å². The molecule has 1 heterocycles. The lowest BCUT2D eigenvalue weighted by molar-refractivity contribution is 0.199. The lowest BCUT2D eigenvalue weighted by Gasteiger charge is -2.32. The van der Waals surface area contributed by atoms with Gasteiger partial charge in [0.15, 0.2) is 5.03 Å². The largest absolute Gasteiger partial charge is 0.310 e. The lowest BCUT2D eigenvalue weighted by Crippen LogP contribution is -2.48. The van der Waals surface area contributed by atoms with E-state index in [1.54, 1.807) is 6.20 Å². The number of sulfonamides is 1. The Labute approximate surface area is 126 Å². The van der Waals surface area contributed by atoms with Crippen LogP contribution >= 0.6 is 0 Å². The Balaban J connectivity index is 2.03. The number of hydrogen-bond acceptors (Lipinski definition) is 5. The second-order valence-corrected chi connectivity index (χ2v) is 8.11. The number of nitrogens with zero attached hydrogens (tertiary/aromatic N) is 2. The van der Waals surface area contributed by atoms with Crippen LogP contribution < -0.4 is 10.0 Å². The van der Waals surface area contributed by atoms with E-state index in [-0.39, 0.29) is 10.6 Å². The normalized spacial score (nSPS) is 16.6. The standard InChI is InChI=1S/C13H25N5O2S/c1-13(2,18(3)4)9-16-21(19,20)12-10(8-15-17-12)7-14-11-5-6-11/h8,11,14,16H,5-7,9H2,1-4H3,(H,15,17). The average Bonchev–Trinajstić information content (AvgIpc) is 3.10. The summed E-state index contributed by atoms with van der Waals surface area (Å²) in [7, 11) is 0.276. The van der Waals surface area contributed by atoms with E-state index in [2.05, 4.69) is 20.2 Å². The molecule has 2 rings (SSSR count). The van der Waals surface area contributed by atoms with E-state index in [9.17, 15) is 8.42 Å². The number of hydrogen-bond donors (Lipinski definition) is 3. The highest BCUT2D eigenvalue weighted by Gasteiger charge is 2.27. The van der Waals surface area contributed by atoms with Gasteiger partial charge < -0.3 is 10.2 Å². The minimum absolute atomic E-state index is 0.158. The third-order valence-corrected chi connectivity index (χ3v) is 5.43. The van der Waals surface area contributed by atoms with Gasteiger partial charge in [0.1, 0.15) is 0 Å². The van der Waals surface area contributed by atoms with E-state index in [0.717, 1.165) is 12.8 Å². The molecule has 1 saturated carbocycles. The summed E-state index contributed by atoms with van der Waals surface area (Å²) in [4.78, 5) is 1.98. The number of aromatic nitrogens is 2. The summed E-state index contributed by atoms with van der Waals surface area (Å²) in [5.41, 5.74) is 0.413. The fourth-order valence-corrected chi connectivity index (χ4v) is 3.03. The fraction of sp³-hybridized carbons (Fsp3) is 0.769. The summed E-state index contributed by atoms with van der Waals surface area (Å²) in [5.74, 6) is 0. The first-order valence-electron chi connectivity index (χ1n) is 7.15. The van der Waals surface area contributed by atoms with Crippen LogP contribution in [0.5, 0.6) is 0 Å². The quantitative estimate of drug-likeness (QED) is 0.641. The smallest absolute Gasteiger partial charge is 0.257 e. The first-order valence-corrected chi connectivity index (χ1v) is 8.63. The van der Waals surface area contributed by atoms with Gasteiger partial charge in [-0.1, -0.05) is 0 Å². The molecule has 0 aliphatic heterocycles. The van der Waals surface area contributed by atoms with Crippen molar-refractivity contribution in [2.45, 2.75) is 49.8 Å². The number of H-pyrrole nitrogens is 1. The molecule has 0 atom stereocenters. The summed E-state index contributed by atoms with van der Waals surface area (Å²) in [5, 5.41) is 9.93. The average molecular weight is 315 g/mol. The van der Waals surface area contributed by atoms with Crippen molar-refractivity contribution in [3.8, 4) is 0 Å². The third kappa shape index (κ3) is 4.26. The van der Waals surface area contributed by atoms with E-state index in [1.165, 1.54) is 0 Å². The van der Waals surface area contributed by atoms with Gasteiger partial charge in [-0.05, 0) is 40.8 Å². The van der Waals surface area contributed by atoms with Gasteiger partial charge in [-0.25, -0.2) is 13.1 Å². The molecule has 3 N–H and O–H groups in total. The monoisotopic (exact) mass is 315 g/mol. The van der Waals surface area contributed by atoms with Gasteiger partial charge in [0, 0.05) is 30.2 Å². The maximum Gasteiger partial charge on any atom is 0.257 e. The van der Waals surface area contributed by atoms with Crippen LogP contribution in [-0.4, -0.2) is 55.7 Å². The highest BCUT2D eigenvalue weighted by atomic mass is 32.2. The molecule has 21 heavy (non-hydrogen) atoms. The van der Waals surface area contributed by atoms with Gasteiger partial charge in [-0.15, -0.1) is 0 Å². The molecule has 1 aromatic rings. The first-order chi connectivity index (χ1) is 9.72. The predicted octanol–water partition coefficient (Wildman–Crippen LogP) is 0.280. The van der Waals surface area contributed by atoms with Gasteiger partial charge in [-0.2, -0.15) is 5.10 Å². The molecule has 0 unspecified atom stereocenters. The zero-order chi connectivity index (χ0) is 15.7. The minimum atomic E-state index is -3.58. The molecule has 1 aliphatic rings. The second kappa shape index (κ2) is 6.04. The van der Waals surface area contributed by atoms with Crippen molar-refractivity contribution in [2.24, 2.45) is 0 Å². The highest BCUT2D eigenvalue weighted by Crippen LogP contribution is 2.20. The zero-order valence-corrected chi connectivity index (χ0v) is 13.9. The van der Waals surface area contributed by atoms with E-state index >= 15 is 0 Å². The Hall–Kier alpha value is -0.960. The van der Waals surface area contributed by atoms with Crippen LogP contribution in [0.3, 0.4) is 0 Å². The molecule has 0 radical (unpaired) electrons. The molecule has 0 amide bonds. The van der Waals surface area contributed by atoms with Crippen molar-refractivity contribution in [3.63, 3.8) is 0 Å². The molecule has 0 spiro atoms. The van der Waals surface area contributed by atoms with E-state index in [4.69, 9.17) is 0 Å². The third-order valence-electron chi connectivity index (χ3n) is 4.01. The van der Waals surface area contributed by atoms with Crippen LogP contribution in [0.25, 0.3) is 0 Å². The van der Waals surface area contributed by atoms with Crippen molar-refractivity contribution in [1.29, 1.82) is 0 Å². The molecule has 0 saturated heterocycles. The number of likely N-dealkylation sites (N-methyl/N-ethyl adjacent to an activating group) is 1. The summed E-state index contributed by atoms with van der Waals surface area (Å²) in [6, 6.07) is 0.524. The number of aromatic amines is 1. The summed E-state index contributed by atoms with van der Waals surface area (Å²) >= 11 is 0. The van der Waals surface area contributed by atoms with Gasteiger partial charge in [0.25, 0.3) is 10.0 Å². The Kier molecular flexibility index (Phi) is 4.72. The molecule has 1 aromatic heterocycles. The Morgan fingerprint density at radius 1 is 1.43 bits per heavy atom. The fourth-order valence-electron chi connectivity index (χ4n) is 1.70. The minimum Gasteiger partial charge on any atom is -0.310 e. The molecule has 7 nitrogen and oxygen atoms in total. The van der Waals surface area contributed by atoms with Crippen LogP contribution in [0, 0.1) is 0 Å². The Morgan fingerprint density at radius 2 is 2.10 bits per heavy atom. The van der Waals surface area contributed by atoms with E-state index < -0.39 is 10.0 Å². The molecular weight excluding hydrogens is 290 g/mol. The maximum atomic E-state index is 12.4. The van der Waals surface area contributed by atoms with Crippen molar-refractivity contribution >= 4 is 10.0 Å². The molecular formula is C13H25N5O2S. The second-order valence-electron chi connectivity index (χ2n) is 6.41. The Morgan fingerprint density at radius 3 is 2.67 bits per heavy atom. The van der Waals surface area contributed by atoms with Crippen LogP contribution in [0.15, 0.2) is 11.2 Å². The SMILES string of the molecule is CN(C)C(C)(C)CNS(=O)(=O)c1[nH]ncc1CNC1CC1. The summed E-state index contributed by atoms with van der Waals surface area (Å²) in [6.07, 6.45) is 3.89. The van der Waals surface area contributed by atoms with Crippen molar-refractivity contribution in [2.75, 3.05) is 20.6 Å². The maximum absolute atomic E-state index is 12.4. The molecule has 1 aliphatic carbocycles. The van der Waals surface area contributed by atoms with Crippen molar-refractivity contribution in [1.82, 2.24) is 25.1 Å². The molecule has 0 aromatic carbocycles. The lowest BCUT2D eigenvalue weighted by atomic mass is 10.1. The molecule has 120 valence electrons. The van der Waals surface area contributed by atoms with Gasteiger partial charge in [0.2, 0.25) is 0 Å². The highest BCUT2D eigenvalue weighted by molar-refractivity contribution is 7.89.